The largest absolute Gasteiger partial charge is 0.348 e. The Morgan fingerprint density at radius 3 is 2.83 bits per heavy atom. The molecule has 146 valence electrons. The summed E-state index contributed by atoms with van der Waals surface area (Å²) in [5.74, 6) is -0.116. The minimum atomic E-state index is -0.387. The Labute approximate surface area is 167 Å². The average molecular weight is 387 g/mol. The van der Waals surface area contributed by atoms with Crippen LogP contribution in [0.1, 0.15) is 29.8 Å². The van der Waals surface area contributed by atoms with Gasteiger partial charge in [-0.05, 0) is 31.5 Å². The molecule has 3 heterocycles. The lowest BCUT2D eigenvalue weighted by molar-refractivity contribution is -0.121. The Morgan fingerprint density at radius 1 is 1.21 bits per heavy atom. The highest BCUT2D eigenvalue weighted by Gasteiger charge is 2.15. The minimum absolute atomic E-state index is 0.116. The third-order valence-corrected chi connectivity index (χ3v) is 4.71. The zero-order valence-corrected chi connectivity index (χ0v) is 16.2. The molecule has 0 spiro atoms. The van der Waals surface area contributed by atoms with Crippen molar-refractivity contribution < 1.29 is 4.79 Å². The van der Waals surface area contributed by atoms with Crippen LogP contribution in [0.15, 0.2) is 65.7 Å². The summed E-state index contributed by atoms with van der Waals surface area (Å²) in [6.07, 6.45) is 3.68. The summed E-state index contributed by atoms with van der Waals surface area (Å²) in [5.41, 5.74) is 4.44. The van der Waals surface area contributed by atoms with E-state index in [1.54, 1.807) is 18.5 Å². The summed E-state index contributed by atoms with van der Waals surface area (Å²) in [4.78, 5) is 33.6. The van der Waals surface area contributed by atoms with Gasteiger partial charge in [-0.1, -0.05) is 29.8 Å². The third-order valence-electron chi connectivity index (χ3n) is 4.71. The molecule has 0 unspecified atom stereocenters. The first-order valence-corrected chi connectivity index (χ1v) is 9.37. The van der Waals surface area contributed by atoms with Gasteiger partial charge in [0, 0.05) is 30.1 Å². The maximum absolute atomic E-state index is 12.5. The molecular formula is C22H21N5O2. The van der Waals surface area contributed by atoms with Crippen LogP contribution in [0.25, 0.3) is 16.9 Å². The Kier molecular flexibility index (Phi) is 4.95. The van der Waals surface area contributed by atoms with Gasteiger partial charge in [-0.3, -0.25) is 19.7 Å². The number of aromatic amines is 1. The number of pyridine rings is 1. The van der Waals surface area contributed by atoms with Gasteiger partial charge >= 0.3 is 0 Å². The van der Waals surface area contributed by atoms with Crippen molar-refractivity contribution in [1.82, 2.24) is 24.9 Å². The van der Waals surface area contributed by atoms with Gasteiger partial charge in [0.15, 0.2) is 5.65 Å². The van der Waals surface area contributed by atoms with Crippen molar-refractivity contribution in [2.24, 2.45) is 0 Å². The Bertz CT molecular complexity index is 1230. The van der Waals surface area contributed by atoms with Gasteiger partial charge < -0.3 is 5.32 Å². The van der Waals surface area contributed by atoms with Gasteiger partial charge in [0.1, 0.15) is 0 Å². The van der Waals surface area contributed by atoms with Crippen LogP contribution in [0.5, 0.6) is 0 Å². The van der Waals surface area contributed by atoms with E-state index in [1.165, 1.54) is 10.6 Å². The number of aryl methyl sites for hydroxylation is 1. The summed E-state index contributed by atoms with van der Waals surface area (Å²) in [7, 11) is 0. The normalized spacial score (nSPS) is 12.1. The smallest absolute Gasteiger partial charge is 0.272 e. The summed E-state index contributed by atoms with van der Waals surface area (Å²) >= 11 is 0. The van der Waals surface area contributed by atoms with Gasteiger partial charge in [-0.25, -0.2) is 9.50 Å². The van der Waals surface area contributed by atoms with Crippen LogP contribution in [0.4, 0.5) is 0 Å². The number of aromatic nitrogens is 4. The zero-order valence-electron chi connectivity index (χ0n) is 16.2. The van der Waals surface area contributed by atoms with Crippen LogP contribution in [0.3, 0.4) is 0 Å². The number of carbonyl (C=O) groups is 1. The van der Waals surface area contributed by atoms with Crippen LogP contribution < -0.4 is 10.9 Å². The molecular weight excluding hydrogens is 366 g/mol. The number of amides is 1. The van der Waals surface area contributed by atoms with Crippen molar-refractivity contribution in [3.8, 4) is 11.3 Å². The van der Waals surface area contributed by atoms with Gasteiger partial charge in [0.05, 0.1) is 23.9 Å². The zero-order chi connectivity index (χ0) is 20.4. The molecule has 0 saturated carbocycles. The third kappa shape index (κ3) is 4.08. The number of hydrogen-bond acceptors (Lipinski definition) is 4. The number of hydrogen-bond donors (Lipinski definition) is 2. The molecule has 0 bridgehead atoms. The van der Waals surface area contributed by atoms with Crippen LogP contribution >= 0.6 is 0 Å². The first-order chi connectivity index (χ1) is 14.0. The topological polar surface area (TPSA) is 92.2 Å². The van der Waals surface area contributed by atoms with Gasteiger partial charge in [0.2, 0.25) is 5.91 Å². The van der Waals surface area contributed by atoms with Gasteiger partial charge in [0.25, 0.3) is 5.56 Å². The first kappa shape index (κ1) is 18.6. The highest BCUT2D eigenvalue weighted by molar-refractivity contribution is 5.79. The molecule has 7 nitrogen and oxygen atoms in total. The Balaban J connectivity index is 1.55. The molecule has 29 heavy (non-hydrogen) atoms. The first-order valence-electron chi connectivity index (χ1n) is 9.37. The molecule has 1 amide bonds. The van der Waals surface area contributed by atoms with E-state index < -0.39 is 0 Å². The number of fused-ring (bicyclic) bond motifs is 1. The lowest BCUT2D eigenvalue weighted by atomic mass is 10.1. The monoisotopic (exact) mass is 387 g/mol. The maximum Gasteiger partial charge on any atom is 0.272 e. The Hall–Kier alpha value is -3.74. The predicted octanol–water partition coefficient (Wildman–Crippen LogP) is 2.81. The molecule has 2 N–H and O–H groups in total. The van der Waals surface area contributed by atoms with E-state index in [9.17, 15) is 9.59 Å². The van der Waals surface area contributed by atoms with E-state index in [4.69, 9.17) is 0 Å². The van der Waals surface area contributed by atoms with E-state index in [-0.39, 0.29) is 23.9 Å². The number of nitrogens with one attached hydrogen (secondary N) is 2. The van der Waals surface area contributed by atoms with Crippen molar-refractivity contribution in [2.45, 2.75) is 26.3 Å². The molecule has 0 saturated heterocycles. The highest BCUT2D eigenvalue weighted by atomic mass is 16.1. The van der Waals surface area contributed by atoms with Crippen LogP contribution in [0.2, 0.25) is 0 Å². The molecule has 0 aliphatic rings. The molecule has 7 heteroatoms. The second-order valence-electron chi connectivity index (χ2n) is 7.08. The number of nitrogens with zero attached hydrogens (tertiary/aromatic N) is 3. The fourth-order valence-corrected chi connectivity index (χ4v) is 3.28. The quantitative estimate of drug-likeness (QED) is 0.551. The second-order valence-corrected chi connectivity index (χ2v) is 7.08. The fraction of sp³-hybridized carbons (Fsp3) is 0.182. The minimum Gasteiger partial charge on any atom is -0.348 e. The second kappa shape index (κ2) is 7.71. The summed E-state index contributed by atoms with van der Waals surface area (Å²) < 4.78 is 1.38. The summed E-state index contributed by atoms with van der Waals surface area (Å²) in [6, 6.07) is 14.4. The van der Waals surface area contributed by atoms with E-state index >= 15 is 0 Å². The number of H-pyrrole nitrogens is 1. The number of rotatable bonds is 5. The number of benzene rings is 1. The van der Waals surface area contributed by atoms with E-state index in [1.807, 2.05) is 50.2 Å². The van der Waals surface area contributed by atoms with E-state index in [2.05, 4.69) is 20.4 Å². The van der Waals surface area contributed by atoms with Crippen molar-refractivity contribution in [1.29, 1.82) is 0 Å². The number of carbonyl (C=O) groups excluding carboxylic acids is 1. The molecule has 0 radical (unpaired) electrons. The van der Waals surface area contributed by atoms with Crippen LogP contribution in [-0.4, -0.2) is 25.5 Å². The lowest BCUT2D eigenvalue weighted by Gasteiger charge is -2.13. The summed E-state index contributed by atoms with van der Waals surface area (Å²) in [5, 5.41) is 5.96. The Morgan fingerprint density at radius 2 is 2.07 bits per heavy atom. The molecule has 4 aromatic rings. The van der Waals surface area contributed by atoms with Crippen molar-refractivity contribution in [3.63, 3.8) is 0 Å². The molecule has 0 aliphatic heterocycles. The van der Waals surface area contributed by atoms with E-state index in [0.29, 0.717) is 11.3 Å². The van der Waals surface area contributed by atoms with Gasteiger partial charge in [-0.15, -0.1) is 0 Å². The molecule has 4 rings (SSSR count). The van der Waals surface area contributed by atoms with Crippen LogP contribution in [-0.2, 0) is 11.2 Å². The SMILES string of the molecule is Cc1cccc(CC(=O)N[C@@H](C)c2cc(=O)n3[nH]c(-c4cccnc4)cc3n2)c1. The van der Waals surface area contributed by atoms with E-state index in [0.717, 1.165) is 22.4 Å². The summed E-state index contributed by atoms with van der Waals surface area (Å²) in [6.45, 7) is 3.81. The predicted molar refractivity (Wildman–Crippen MR) is 110 cm³/mol. The molecule has 0 aliphatic carbocycles. The fourth-order valence-electron chi connectivity index (χ4n) is 3.28. The van der Waals surface area contributed by atoms with Crippen molar-refractivity contribution in [2.75, 3.05) is 0 Å². The standard InChI is InChI=1S/C22H21N5O2/c1-14-5-3-6-16(9-14)10-21(28)24-15(2)18-12-22(29)27-20(25-18)11-19(26-27)17-7-4-8-23-13-17/h3-9,11-13,15,26H,10H2,1-2H3,(H,24,28)/t15-/m0/s1. The van der Waals surface area contributed by atoms with Crippen molar-refractivity contribution in [3.05, 3.63) is 88.1 Å². The molecule has 1 aromatic carbocycles. The highest BCUT2D eigenvalue weighted by Crippen LogP contribution is 2.18. The maximum atomic E-state index is 12.5. The molecule has 0 fully saturated rings. The molecule has 3 aromatic heterocycles. The van der Waals surface area contributed by atoms with Crippen molar-refractivity contribution >= 4 is 11.6 Å². The van der Waals surface area contributed by atoms with Gasteiger partial charge in [-0.2, -0.15) is 0 Å². The average Bonchev–Trinajstić information content (AvgIpc) is 3.13. The lowest BCUT2D eigenvalue weighted by Crippen LogP contribution is -2.30. The van der Waals surface area contributed by atoms with Crippen LogP contribution in [0, 0.1) is 6.92 Å². The molecule has 1 atom stereocenters.